The number of rotatable bonds is 3. The Labute approximate surface area is 117 Å². The van der Waals surface area contributed by atoms with Gasteiger partial charge in [-0.1, -0.05) is 44.2 Å². The summed E-state index contributed by atoms with van der Waals surface area (Å²) in [7, 11) is 0. The molecule has 2 aliphatic carbocycles. The van der Waals surface area contributed by atoms with Crippen molar-refractivity contribution in [2.24, 2.45) is 23.7 Å². The first-order chi connectivity index (χ1) is 8.99. The summed E-state index contributed by atoms with van der Waals surface area (Å²) in [6.45, 7) is 9.26. The van der Waals surface area contributed by atoms with E-state index in [1.54, 1.807) is 0 Å². The lowest BCUT2D eigenvalue weighted by atomic mass is 9.80. The van der Waals surface area contributed by atoms with Gasteiger partial charge in [-0.2, -0.15) is 0 Å². The smallest absolute Gasteiger partial charge is 0.0879 e. The van der Waals surface area contributed by atoms with Crippen molar-refractivity contribution in [2.75, 3.05) is 0 Å². The third-order valence-corrected chi connectivity index (χ3v) is 5.75. The summed E-state index contributed by atoms with van der Waals surface area (Å²) >= 11 is 0. The van der Waals surface area contributed by atoms with Gasteiger partial charge in [0.15, 0.2) is 0 Å². The van der Waals surface area contributed by atoms with Crippen LogP contribution in [0.2, 0.25) is 0 Å². The first-order valence-corrected chi connectivity index (χ1v) is 7.72. The van der Waals surface area contributed by atoms with Crippen LogP contribution >= 0.6 is 0 Å². The molecule has 0 spiro atoms. The lowest BCUT2D eigenvalue weighted by Crippen LogP contribution is -2.36. The van der Waals surface area contributed by atoms with Gasteiger partial charge in [0.1, 0.15) is 0 Å². The van der Waals surface area contributed by atoms with E-state index in [2.05, 4.69) is 58.0 Å². The molecular formula is C18H26O. The van der Waals surface area contributed by atoms with Gasteiger partial charge in [-0.25, -0.2) is 0 Å². The van der Waals surface area contributed by atoms with E-state index in [0.29, 0.717) is 6.10 Å². The molecule has 104 valence electrons. The number of hydrogen-bond donors (Lipinski definition) is 0. The predicted molar refractivity (Wildman–Crippen MR) is 78.9 cm³/mol. The van der Waals surface area contributed by atoms with E-state index in [1.807, 2.05) is 0 Å². The van der Waals surface area contributed by atoms with Crippen LogP contribution in [-0.4, -0.2) is 6.10 Å². The van der Waals surface area contributed by atoms with Gasteiger partial charge in [-0.05, 0) is 55.9 Å². The van der Waals surface area contributed by atoms with Crippen molar-refractivity contribution < 1.29 is 4.74 Å². The van der Waals surface area contributed by atoms with Gasteiger partial charge in [-0.15, -0.1) is 0 Å². The molecule has 2 aliphatic rings. The van der Waals surface area contributed by atoms with Crippen LogP contribution in [0.5, 0.6) is 0 Å². The molecule has 0 aliphatic heterocycles. The fourth-order valence-electron chi connectivity index (χ4n) is 4.29. The van der Waals surface area contributed by atoms with Gasteiger partial charge >= 0.3 is 0 Å². The molecule has 0 saturated heterocycles. The van der Waals surface area contributed by atoms with Gasteiger partial charge in [-0.3, -0.25) is 0 Å². The molecule has 0 radical (unpaired) electrons. The average Bonchev–Trinajstić information content (AvgIpc) is 2.91. The normalized spacial score (nSPS) is 37.8. The first kappa shape index (κ1) is 13.2. The standard InChI is InChI=1S/C18H26O/c1-12-13(2)16-10-14(12)11-17(16)19-18(3,4)15-8-6-5-7-9-15/h5-9,12-14,16-17H,10-11H2,1-4H3. The Morgan fingerprint density at radius 3 is 2.26 bits per heavy atom. The van der Waals surface area contributed by atoms with E-state index in [4.69, 9.17) is 4.74 Å². The average molecular weight is 258 g/mol. The molecule has 0 amide bonds. The molecule has 0 N–H and O–H groups in total. The van der Waals surface area contributed by atoms with Crippen molar-refractivity contribution in [1.29, 1.82) is 0 Å². The van der Waals surface area contributed by atoms with Crippen LogP contribution < -0.4 is 0 Å². The van der Waals surface area contributed by atoms with E-state index in [9.17, 15) is 0 Å². The highest BCUT2D eigenvalue weighted by molar-refractivity contribution is 5.21. The second kappa shape index (κ2) is 4.63. The quantitative estimate of drug-likeness (QED) is 0.768. The summed E-state index contributed by atoms with van der Waals surface area (Å²) < 4.78 is 6.54. The molecule has 2 bridgehead atoms. The molecule has 1 heteroatoms. The van der Waals surface area contributed by atoms with Crippen LogP contribution in [0.25, 0.3) is 0 Å². The van der Waals surface area contributed by atoms with Crippen LogP contribution in [0.1, 0.15) is 46.1 Å². The molecule has 0 heterocycles. The zero-order valence-electron chi connectivity index (χ0n) is 12.6. The predicted octanol–water partition coefficient (Wildman–Crippen LogP) is 4.62. The summed E-state index contributed by atoms with van der Waals surface area (Å²) in [5.74, 6) is 3.40. The zero-order valence-corrected chi connectivity index (χ0v) is 12.6. The summed E-state index contributed by atoms with van der Waals surface area (Å²) in [6, 6.07) is 10.6. The van der Waals surface area contributed by atoms with Crippen molar-refractivity contribution in [3.8, 4) is 0 Å². The molecule has 5 unspecified atom stereocenters. The highest BCUT2D eigenvalue weighted by Gasteiger charge is 2.50. The van der Waals surface area contributed by atoms with Crippen molar-refractivity contribution in [2.45, 2.75) is 52.2 Å². The second-order valence-electron chi connectivity index (χ2n) is 7.15. The van der Waals surface area contributed by atoms with Gasteiger partial charge in [0.05, 0.1) is 11.7 Å². The molecule has 19 heavy (non-hydrogen) atoms. The SMILES string of the molecule is CC1C2CC(OC(C)(C)c3ccccc3)C(C2)C1C. The molecule has 5 atom stereocenters. The topological polar surface area (TPSA) is 9.23 Å². The Kier molecular flexibility index (Phi) is 3.21. The minimum atomic E-state index is -0.167. The fourth-order valence-corrected chi connectivity index (χ4v) is 4.29. The van der Waals surface area contributed by atoms with E-state index >= 15 is 0 Å². The molecule has 2 saturated carbocycles. The highest BCUT2D eigenvalue weighted by Crippen LogP contribution is 2.54. The summed E-state index contributed by atoms with van der Waals surface area (Å²) in [4.78, 5) is 0. The van der Waals surface area contributed by atoms with Crippen molar-refractivity contribution in [3.05, 3.63) is 35.9 Å². The van der Waals surface area contributed by atoms with Crippen LogP contribution in [0.3, 0.4) is 0 Å². The van der Waals surface area contributed by atoms with Crippen LogP contribution in [-0.2, 0) is 10.3 Å². The number of ether oxygens (including phenoxy) is 1. The van der Waals surface area contributed by atoms with Crippen molar-refractivity contribution in [3.63, 3.8) is 0 Å². The highest BCUT2D eigenvalue weighted by atomic mass is 16.5. The Morgan fingerprint density at radius 2 is 1.68 bits per heavy atom. The zero-order chi connectivity index (χ0) is 13.6. The summed E-state index contributed by atoms with van der Waals surface area (Å²) in [5, 5.41) is 0. The van der Waals surface area contributed by atoms with E-state index < -0.39 is 0 Å². The molecule has 2 fully saturated rings. The maximum absolute atomic E-state index is 6.54. The van der Waals surface area contributed by atoms with Crippen molar-refractivity contribution in [1.82, 2.24) is 0 Å². The summed E-state index contributed by atoms with van der Waals surface area (Å²) in [6.07, 6.45) is 3.12. The molecule has 1 nitrogen and oxygen atoms in total. The van der Waals surface area contributed by atoms with Gasteiger partial charge in [0.2, 0.25) is 0 Å². The second-order valence-corrected chi connectivity index (χ2v) is 7.15. The molecular weight excluding hydrogens is 232 g/mol. The first-order valence-electron chi connectivity index (χ1n) is 7.72. The third kappa shape index (κ3) is 2.23. The number of benzene rings is 1. The van der Waals surface area contributed by atoms with Crippen LogP contribution in [0.15, 0.2) is 30.3 Å². The maximum Gasteiger partial charge on any atom is 0.0879 e. The largest absolute Gasteiger partial charge is 0.367 e. The minimum absolute atomic E-state index is 0.167. The van der Waals surface area contributed by atoms with Crippen LogP contribution in [0.4, 0.5) is 0 Å². The Bertz CT molecular complexity index is 434. The fraction of sp³-hybridized carbons (Fsp3) is 0.667. The summed E-state index contributed by atoms with van der Waals surface area (Å²) in [5.41, 5.74) is 1.12. The van der Waals surface area contributed by atoms with Crippen LogP contribution in [0, 0.1) is 23.7 Å². The van der Waals surface area contributed by atoms with Gasteiger partial charge in [0, 0.05) is 0 Å². The Hall–Kier alpha value is -0.820. The Balaban J connectivity index is 1.73. The minimum Gasteiger partial charge on any atom is -0.367 e. The molecule has 0 aromatic heterocycles. The molecule has 1 aromatic rings. The van der Waals surface area contributed by atoms with E-state index in [1.165, 1.54) is 18.4 Å². The molecule has 1 aromatic carbocycles. The number of hydrogen-bond acceptors (Lipinski definition) is 1. The third-order valence-electron chi connectivity index (χ3n) is 5.75. The maximum atomic E-state index is 6.54. The lowest BCUT2D eigenvalue weighted by Gasteiger charge is -2.37. The lowest BCUT2D eigenvalue weighted by molar-refractivity contribution is -0.109. The van der Waals surface area contributed by atoms with E-state index in [-0.39, 0.29) is 5.60 Å². The monoisotopic (exact) mass is 258 g/mol. The number of fused-ring (bicyclic) bond motifs is 2. The van der Waals surface area contributed by atoms with Crippen molar-refractivity contribution >= 4 is 0 Å². The molecule has 3 rings (SSSR count). The van der Waals surface area contributed by atoms with Gasteiger partial charge in [0.25, 0.3) is 0 Å². The Morgan fingerprint density at radius 1 is 1.00 bits per heavy atom. The van der Waals surface area contributed by atoms with E-state index in [0.717, 1.165) is 23.7 Å². The van der Waals surface area contributed by atoms with Gasteiger partial charge < -0.3 is 4.74 Å².